The molecule has 2 fully saturated rings. The highest BCUT2D eigenvalue weighted by molar-refractivity contribution is 8.00. The van der Waals surface area contributed by atoms with Gasteiger partial charge in [-0.1, -0.05) is 0 Å². The van der Waals surface area contributed by atoms with Gasteiger partial charge < -0.3 is 9.80 Å². The summed E-state index contributed by atoms with van der Waals surface area (Å²) in [4.78, 5) is 15.8. The van der Waals surface area contributed by atoms with Crippen LogP contribution in [0.4, 0.5) is 0 Å². The quantitative estimate of drug-likeness (QED) is 0.684. The summed E-state index contributed by atoms with van der Waals surface area (Å²) in [5, 5.41) is 0.456. The highest BCUT2D eigenvalue weighted by atomic mass is 32.2. The zero-order chi connectivity index (χ0) is 11.1. The van der Waals surface area contributed by atoms with Gasteiger partial charge in [-0.05, 0) is 38.4 Å². The summed E-state index contributed by atoms with van der Waals surface area (Å²) < 4.78 is 0. The van der Waals surface area contributed by atoms with Crippen LogP contribution >= 0.6 is 11.8 Å². The Labute approximate surface area is 101 Å². The van der Waals surface area contributed by atoms with Crippen LogP contribution in [-0.2, 0) is 4.79 Å². The second kappa shape index (κ2) is 4.08. The molecular formula is C12H18N2OS. The summed E-state index contributed by atoms with van der Waals surface area (Å²) in [7, 11) is 2.21. The van der Waals surface area contributed by atoms with E-state index in [1.54, 1.807) is 0 Å². The second-order valence-corrected chi connectivity index (χ2v) is 6.21. The highest BCUT2D eigenvalue weighted by Crippen LogP contribution is 2.37. The van der Waals surface area contributed by atoms with Crippen molar-refractivity contribution in [1.29, 1.82) is 0 Å². The van der Waals surface area contributed by atoms with Crippen LogP contribution in [0.5, 0.6) is 0 Å². The zero-order valence-corrected chi connectivity index (χ0v) is 10.5. The molecule has 0 bridgehead atoms. The van der Waals surface area contributed by atoms with Gasteiger partial charge in [0.05, 0.1) is 11.8 Å². The van der Waals surface area contributed by atoms with Gasteiger partial charge in [0.15, 0.2) is 0 Å². The average molecular weight is 238 g/mol. The predicted molar refractivity (Wildman–Crippen MR) is 66.1 cm³/mol. The van der Waals surface area contributed by atoms with Gasteiger partial charge in [0, 0.05) is 18.0 Å². The summed E-state index contributed by atoms with van der Waals surface area (Å²) >= 11 is 1.93. The molecule has 16 heavy (non-hydrogen) atoms. The number of hydrogen-bond acceptors (Lipinski definition) is 3. The number of carbonyl (C=O) groups excluding carboxylic acids is 1. The molecule has 3 rings (SSSR count). The lowest BCUT2D eigenvalue weighted by Crippen LogP contribution is -2.49. The average Bonchev–Trinajstić information content (AvgIpc) is 2.65. The van der Waals surface area contributed by atoms with Gasteiger partial charge in [-0.15, -0.1) is 11.8 Å². The van der Waals surface area contributed by atoms with Gasteiger partial charge in [-0.25, -0.2) is 0 Å². The molecular weight excluding hydrogens is 220 g/mol. The molecule has 0 aliphatic carbocycles. The summed E-state index contributed by atoms with van der Waals surface area (Å²) in [6.07, 6.45) is 6.67. The third kappa shape index (κ3) is 1.78. The van der Waals surface area contributed by atoms with Crippen molar-refractivity contribution < 1.29 is 4.79 Å². The van der Waals surface area contributed by atoms with Crippen molar-refractivity contribution in [2.75, 3.05) is 19.3 Å². The Hall–Kier alpha value is -0.480. The fourth-order valence-corrected chi connectivity index (χ4v) is 3.98. The van der Waals surface area contributed by atoms with Crippen LogP contribution in [0.25, 0.3) is 0 Å². The third-order valence-corrected chi connectivity index (χ3v) is 5.22. The number of likely N-dealkylation sites (tertiary alicyclic amines) is 1. The standard InChI is InChI=1S/C12H18N2OS/c1-13-4-2-3-10(13)5-9-7-14-11(15)6-12(14)16-8-9/h7,10,12H,2-6,8H2,1H3. The number of fused-ring (bicyclic) bond motifs is 1. The van der Waals surface area contributed by atoms with E-state index >= 15 is 0 Å². The first kappa shape index (κ1) is 10.7. The van der Waals surface area contributed by atoms with E-state index in [0.29, 0.717) is 17.3 Å². The van der Waals surface area contributed by atoms with Gasteiger partial charge in [0.1, 0.15) is 0 Å². The maximum atomic E-state index is 11.4. The lowest BCUT2D eigenvalue weighted by atomic mass is 10.0. The van der Waals surface area contributed by atoms with Crippen LogP contribution in [0.15, 0.2) is 11.8 Å². The minimum absolute atomic E-state index is 0.300. The molecule has 0 saturated carbocycles. The van der Waals surface area contributed by atoms with E-state index in [2.05, 4.69) is 18.1 Å². The highest BCUT2D eigenvalue weighted by Gasteiger charge is 2.38. The molecule has 3 heterocycles. The Morgan fingerprint density at radius 3 is 3.12 bits per heavy atom. The first-order valence-electron chi connectivity index (χ1n) is 6.06. The van der Waals surface area contributed by atoms with Crippen LogP contribution in [0.1, 0.15) is 25.7 Å². The molecule has 0 N–H and O–H groups in total. The molecule has 88 valence electrons. The number of amides is 1. The van der Waals surface area contributed by atoms with Crippen molar-refractivity contribution in [2.45, 2.75) is 37.1 Å². The smallest absolute Gasteiger partial charge is 0.230 e. The molecule has 1 amide bonds. The van der Waals surface area contributed by atoms with E-state index in [1.165, 1.54) is 25.0 Å². The zero-order valence-electron chi connectivity index (χ0n) is 9.69. The summed E-state index contributed by atoms with van der Waals surface area (Å²) in [6, 6.07) is 0.708. The lowest BCUT2D eigenvalue weighted by molar-refractivity contribution is -0.137. The SMILES string of the molecule is CN1CCCC1CC1=CN2C(=O)CC2SC1. The fourth-order valence-electron chi connectivity index (χ4n) is 2.78. The Morgan fingerprint density at radius 1 is 1.56 bits per heavy atom. The Bertz CT molecular complexity index is 342. The molecule has 3 aliphatic rings. The van der Waals surface area contributed by atoms with Crippen molar-refractivity contribution in [2.24, 2.45) is 0 Å². The van der Waals surface area contributed by atoms with Crippen LogP contribution < -0.4 is 0 Å². The van der Waals surface area contributed by atoms with Crippen molar-refractivity contribution >= 4 is 17.7 Å². The van der Waals surface area contributed by atoms with Crippen LogP contribution in [0.2, 0.25) is 0 Å². The van der Waals surface area contributed by atoms with Crippen LogP contribution in [0.3, 0.4) is 0 Å². The fraction of sp³-hybridized carbons (Fsp3) is 0.750. The lowest BCUT2D eigenvalue weighted by Gasteiger charge is -2.41. The van der Waals surface area contributed by atoms with E-state index < -0.39 is 0 Å². The Morgan fingerprint density at radius 2 is 2.44 bits per heavy atom. The Kier molecular flexibility index (Phi) is 2.72. The molecule has 0 aromatic rings. The van der Waals surface area contributed by atoms with Crippen molar-refractivity contribution in [3.63, 3.8) is 0 Å². The molecule has 0 spiro atoms. The molecule has 3 nitrogen and oxygen atoms in total. The maximum Gasteiger partial charge on any atom is 0.230 e. The molecule has 0 radical (unpaired) electrons. The molecule has 3 aliphatic heterocycles. The van der Waals surface area contributed by atoms with E-state index in [0.717, 1.165) is 18.6 Å². The first-order chi connectivity index (χ1) is 7.74. The van der Waals surface area contributed by atoms with E-state index in [9.17, 15) is 4.79 Å². The van der Waals surface area contributed by atoms with E-state index in [-0.39, 0.29) is 0 Å². The topological polar surface area (TPSA) is 23.6 Å². The van der Waals surface area contributed by atoms with Gasteiger partial charge in [-0.2, -0.15) is 0 Å². The van der Waals surface area contributed by atoms with Crippen LogP contribution in [-0.4, -0.2) is 46.5 Å². The van der Waals surface area contributed by atoms with Crippen molar-refractivity contribution in [3.05, 3.63) is 11.8 Å². The third-order valence-electron chi connectivity index (χ3n) is 3.90. The molecule has 2 atom stereocenters. The summed E-state index contributed by atoms with van der Waals surface area (Å²) in [5.74, 6) is 1.42. The summed E-state index contributed by atoms with van der Waals surface area (Å²) in [6.45, 7) is 1.23. The largest absolute Gasteiger partial charge is 0.306 e. The second-order valence-electron chi connectivity index (χ2n) is 5.04. The molecule has 0 aromatic heterocycles. The number of rotatable bonds is 2. The van der Waals surface area contributed by atoms with Gasteiger partial charge >= 0.3 is 0 Å². The predicted octanol–water partition coefficient (Wildman–Crippen LogP) is 1.66. The molecule has 4 heteroatoms. The number of carbonyl (C=O) groups is 1. The maximum absolute atomic E-state index is 11.4. The van der Waals surface area contributed by atoms with Gasteiger partial charge in [-0.3, -0.25) is 4.79 Å². The van der Waals surface area contributed by atoms with Crippen LogP contribution in [0, 0.1) is 0 Å². The number of thioether (sulfide) groups is 1. The number of β-lactam (4-membered cyclic amide) rings is 1. The molecule has 0 aromatic carbocycles. The Balaban J connectivity index is 1.64. The van der Waals surface area contributed by atoms with Gasteiger partial charge in [0.25, 0.3) is 0 Å². The van der Waals surface area contributed by atoms with Gasteiger partial charge in [0.2, 0.25) is 5.91 Å². The molecule has 2 unspecified atom stereocenters. The normalized spacial score (nSPS) is 34.7. The number of hydrogen-bond donors (Lipinski definition) is 0. The van der Waals surface area contributed by atoms with E-state index in [4.69, 9.17) is 0 Å². The van der Waals surface area contributed by atoms with Crippen molar-refractivity contribution in [1.82, 2.24) is 9.80 Å². The minimum Gasteiger partial charge on any atom is -0.306 e. The first-order valence-corrected chi connectivity index (χ1v) is 7.11. The summed E-state index contributed by atoms with van der Waals surface area (Å²) in [5.41, 5.74) is 1.45. The monoisotopic (exact) mass is 238 g/mol. The molecule has 2 saturated heterocycles. The van der Waals surface area contributed by atoms with E-state index in [1.807, 2.05) is 16.7 Å². The number of nitrogens with zero attached hydrogens (tertiary/aromatic N) is 2. The minimum atomic E-state index is 0.300. The van der Waals surface area contributed by atoms with Crippen molar-refractivity contribution in [3.8, 4) is 0 Å².